The molecule has 0 aliphatic carbocycles. The number of carbonyl (C=O) groups excluding carboxylic acids is 3. The first kappa shape index (κ1) is 18.1. The summed E-state index contributed by atoms with van der Waals surface area (Å²) in [6.07, 6.45) is 1.62. The summed E-state index contributed by atoms with van der Waals surface area (Å²) in [7, 11) is 0. The molecule has 0 unspecified atom stereocenters. The molecule has 6 nitrogen and oxygen atoms in total. The Hall–Kier alpha value is -2.28. The molecule has 0 radical (unpaired) electrons. The molecule has 0 saturated carbocycles. The van der Waals surface area contributed by atoms with E-state index in [1.165, 1.54) is 6.92 Å². The van der Waals surface area contributed by atoms with Crippen LogP contribution in [-0.2, 0) is 14.3 Å². The van der Waals surface area contributed by atoms with E-state index < -0.39 is 23.2 Å². The van der Waals surface area contributed by atoms with Gasteiger partial charge in [-0.05, 0) is 56.3 Å². The van der Waals surface area contributed by atoms with E-state index in [1.54, 1.807) is 37.3 Å². The van der Waals surface area contributed by atoms with E-state index in [0.29, 0.717) is 6.61 Å². The number of amides is 2. The molecule has 0 N–H and O–H groups in total. The Kier molecular flexibility index (Phi) is 6.03. The lowest BCUT2D eigenvalue weighted by Gasteiger charge is -2.19. The first-order valence-corrected chi connectivity index (χ1v) is 8.46. The fourth-order valence-corrected chi connectivity index (χ4v) is 3.07. The van der Waals surface area contributed by atoms with Gasteiger partial charge in [0.25, 0.3) is 11.1 Å². The minimum Gasteiger partial charge on any atom is -0.494 e. The number of benzene rings is 1. The van der Waals surface area contributed by atoms with Crippen LogP contribution in [0.5, 0.6) is 5.75 Å². The molecule has 0 aromatic heterocycles. The molecular formula is C17H19NO5S. The summed E-state index contributed by atoms with van der Waals surface area (Å²) in [4.78, 5) is 37.5. The maximum atomic E-state index is 12.4. The number of carbonyl (C=O) groups is 3. The molecule has 2 rings (SSSR count). The molecule has 1 aromatic rings. The molecule has 1 fully saturated rings. The van der Waals surface area contributed by atoms with Crippen molar-refractivity contribution >= 4 is 35.0 Å². The first-order chi connectivity index (χ1) is 11.5. The van der Waals surface area contributed by atoms with Crippen LogP contribution >= 0.6 is 11.8 Å². The fraction of sp³-hybridized carbons (Fsp3) is 0.353. The smallest absolute Gasteiger partial charge is 0.329 e. The molecule has 1 aliphatic heterocycles. The molecule has 1 atom stereocenters. The molecule has 24 heavy (non-hydrogen) atoms. The van der Waals surface area contributed by atoms with Gasteiger partial charge in [-0.2, -0.15) is 0 Å². The monoisotopic (exact) mass is 349 g/mol. The number of ether oxygens (including phenoxy) is 2. The molecule has 1 aliphatic rings. The number of nitrogens with zero attached hydrogens (tertiary/aromatic N) is 1. The molecule has 2 amide bonds. The zero-order valence-corrected chi connectivity index (χ0v) is 14.6. The van der Waals surface area contributed by atoms with E-state index >= 15 is 0 Å². The lowest BCUT2D eigenvalue weighted by atomic mass is 10.2. The van der Waals surface area contributed by atoms with Crippen LogP contribution in [-0.4, -0.2) is 41.3 Å². The number of thioether (sulfide) groups is 1. The van der Waals surface area contributed by atoms with Gasteiger partial charge < -0.3 is 9.47 Å². The predicted octanol–water partition coefficient (Wildman–Crippen LogP) is 3.07. The Bertz CT molecular complexity index is 668. The Morgan fingerprint density at radius 1 is 1.21 bits per heavy atom. The number of esters is 1. The quantitative estimate of drug-likeness (QED) is 0.580. The second-order valence-corrected chi connectivity index (χ2v) is 5.97. The third-order valence-corrected chi connectivity index (χ3v) is 4.21. The second-order valence-electron chi connectivity index (χ2n) is 4.98. The largest absolute Gasteiger partial charge is 0.494 e. The van der Waals surface area contributed by atoms with E-state index in [-0.39, 0.29) is 11.5 Å². The van der Waals surface area contributed by atoms with Crippen LogP contribution in [0.4, 0.5) is 4.79 Å². The maximum absolute atomic E-state index is 12.4. The van der Waals surface area contributed by atoms with Crippen molar-refractivity contribution in [2.45, 2.75) is 26.8 Å². The summed E-state index contributed by atoms with van der Waals surface area (Å²) in [5.74, 6) is -0.347. The van der Waals surface area contributed by atoms with Crippen LogP contribution in [0.3, 0.4) is 0 Å². The molecule has 0 bridgehead atoms. The van der Waals surface area contributed by atoms with Crippen molar-refractivity contribution in [1.82, 2.24) is 4.90 Å². The summed E-state index contributed by atoms with van der Waals surface area (Å²) >= 11 is 0.814. The molecule has 1 heterocycles. The summed E-state index contributed by atoms with van der Waals surface area (Å²) in [6, 6.07) is 6.24. The minimum atomic E-state index is -0.941. The molecule has 0 spiro atoms. The first-order valence-electron chi connectivity index (χ1n) is 7.64. The van der Waals surface area contributed by atoms with Gasteiger partial charge in [-0.3, -0.25) is 14.5 Å². The van der Waals surface area contributed by atoms with Gasteiger partial charge in [-0.1, -0.05) is 12.1 Å². The van der Waals surface area contributed by atoms with Gasteiger partial charge in [0, 0.05) is 0 Å². The van der Waals surface area contributed by atoms with Crippen molar-refractivity contribution in [3.8, 4) is 5.75 Å². The van der Waals surface area contributed by atoms with Crippen LogP contribution in [0.15, 0.2) is 29.2 Å². The lowest BCUT2D eigenvalue weighted by molar-refractivity contribution is -0.150. The highest BCUT2D eigenvalue weighted by Crippen LogP contribution is 2.34. The zero-order valence-electron chi connectivity index (χ0n) is 13.8. The summed E-state index contributed by atoms with van der Waals surface area (Å²) in [5.41, 5.74) is 0.771. The van der Waals surface area contributed by atoms with Crippen LogP contribution in [0, 0.1) is 0 Å². The predicted molar refractivity (Wildman–Crippen MR) is 91.5 cm³/mol. The van der Waals surface area contributed by atoms with E-state index in [2.05, 4.69) is 0 Å². The highest BCUT2D eigenvalue weighted by molar-refractivity contribution is 8.18. The van der Waals surface area contributed by atoms with Gasteiger partial charge in [-0.15, -0.1) is 0 Å². The molecule has 1 saturated heterocycles. The van der Waals surface area contributed by atoms with Gasteiger partial charge in [0.15, 0.2) is 0 Å². The van der Waals surface area contributed by atoms with Crippen LogP contribution < -0.4 is 4.74 Å². The summed E-state index contributed by atoms with van der Waals surface area (Å²) < 4.78 is 10.2. The Labute approximate surface area is 144 Å². The van der Waals surface area contributed by atoms with E-state index in [9.17, 15) is 14.4 Å². The number of imide groups is 1. The van der Waals surface area contributed by atoms with Gasteiger partial charge in [0.2, 0.25) is 0 Å². The van der Waals surface area contributed by atoms with Crippen LogP contribution in [0.25, 0.3) is 6.08 Å². The SMILES string of the molecule is CCOC(=O)[C@H](C)N1C(=O)S/C(=C\c2ccc(OCC)cc2)C1=O. The van der Waals surface area contributed by atoms with Crippen LogP contribution in [0.1, 0.15) is 26.3 Å². The summed E-state index contributed by atoms with van der Waals surface area (Å²) in [6.45, 7) is 5.82. The molecule has 1 aromatic carbocycles. The normalized spacial score (nSPS) is 17.3. The standard InChI is InChI=1S/C17H19NO5S/c1-4-22-13-8-6-12(7-9-13)10-14-15(19)18(17(21)24-14)11(3)16(20)23-5-2/h6-11H,4-5H2,1-3H3/b14-10-/t11-/m0/s1. The van der Waals surface area contributed by atoms with Crippen molar-refractivity contribution < 1.29 is 23.9 Å². The topological polar surface area (TPSA) is 72.9 Å². The van der Waals surface area contributed by atoms with E-state index in [0.717, 1.165) is 28.0 Å². The van der Waals surface area contributed by atoms with Crippen molar-refractivity contribution in [2.75, 3.05) is 13.2 Å². The second kappa shape index (κ2) is 8.01. The molecule has 7 heteroatoms. The Balaban J connectivity index is 2.16. The lowest BCUT2D eigenvalue weighted by Crippen LogP contribution is -2.42. The average Bonchev–Trinajstić information content (AvgIpc) is 2.83. The van der Waals surface area contributed by atoms with E-state index in [1.807, 2.05) is 6.92 Å². The maximum Gasteiger partial charge on any atom is 0.329 e. The van der Waals surface area contributed by atoms with Gasteiger partial charge >= 0.3 is 5.97 Å². The van der Waals surface area contributed by atoms with Crippen molar-refractivity contribution in [2.24, 2.45) is 0 Å². The third kappa shape index (κ3) is 3.97. The molecular weight excluding hydrogens is 330 g/mol. The Morgan fingerprint density at radius 2 is 1.88 bits per heavy atom. The Morgan fingerprint density at radius 3 is 2.46 bits per heavy atom. The molecule has 128 valence electrons. The fourth-order valence-electron chi connectivity index (χ4n) is 2.16. The number of hydrogen-bond donors (Lipinski definition) is 0. The minimum absolute atomic E-state index is 0.196. The number of hydrogen-bond acceptors (Lipinski definition) is 6. The van der Waals surface area contributed by atoms with E-state index in [4.69, 9.17) is 9.47 Å². The van der Waals surface area contributed by atoms with Gasteiger partial charge in [0.05, 0.1) is 18.1 Å². The van der Waals surface area contributed by atoms with Gasteiger partial charge in [-0.25, -0.2) is 4.79 Å². The average molecular weight is 349 g/mol. The highest BCUT2D eigenvalue weighted by atomic mass is 32.2. The van der Waals surface area contributed by atoms with Crippen LogP contribution in [0.2, 0.25) is 0 Å². The zero-order chi connectivity index (χ0) is 17.7. The summed E-state index contributed by atoms with van der Waals surface area (Å²) in [5, 5.41) is -0.474. The number of rotatable bonds is 6. The van der Waals surface area contributed by atoms with Crippen molar-refractivity contribution in [3.63, 3.8) is 0 Å². The highest BCUT2D eigenvalue weighted by Gasteiger charge is 2.41. The third-order valence-electron chi connectivity index (χ3n) is 3.33. The van der Waals surface area contributed by atoms with Crippen molar-refractivity contribution in [3.05, 3.63) is 34.7 Å². The van der Waals surface area contributed by atoms with Gasteiger partial charge in [0.1, 0.15) is 11.8 Å². The van der Waals surface area contributed by atoms with Crippen molar-refractivity contribution in [1.29, 1.82) is 0 Å².